The van der Waals surface area contributed by atoms with E-state index < -0.39 is 22.5 Å². The topological polar surface area (TPSA) is 79.5 Å². The molecule has 0 amide bonds. The van der Waals surface area contributed by atoms with Gasteiger partial charge in [0.1, 0.15) is 0 Å². The van der Waals surface area contributed by atoms with E-state index in [1.54, 1.807) is 0 Å². The molecule has 0 N–H and O–H groups in total. The minimum atomic E-state index is -1.71. The van der Waals surface area contributed by atoms with E-state index in [2.05, 4.69) is 4.79 Å². The van der Waals surface area contributed by atoms with Gasteiger partial charge >= 0.3 is 11.4 Å². The lowest BCUT2D eigenvalue weighted by Crippen LogP contribution is -2.24. The summed E-state index contributed by atoms with van der Waals surface area (Å²) in [6.45, 7) is 0. The lowest BCUT2D eigenvalue weighted by atomic mass is 10.1. The van der Waals surface area contributed by atoms with Crippen molar-refractivity contribution in [1.29, 1.82) is 0 Å². The molecule has 0 aromatic rings. The smallest absolute Gasteiger partial charge is 0.361 e. The summed E-state index contributed by atoms with van der Waals surface area (Å²) in [7, 11) is 0. The second-order valence-corrected chi connectivity index (χ2v) is 2.08. The van der Waals surface area contributed by atoms with E-state index >= 15 is 0 Å². The minimum absolute atomic E-state index is 0.521. The summed E-state index contributed by atoms with van der Waals surface area (Å²) in [5.74, 6) is 0. The molecule has 1 aliphatic carbocycles. The predicted octanol–water partition coefficient (Wildman–Crippen LogP) is 0.726. The molecule has 1 unspecified atom stereocenters. The molecule has 0 spiro atoms. The van der Waals surface area contributed by atoms with Gasteiger partial charge in [-0.05, 0) is 6.08 Å². The second kappa shape index (κ2) is 3.06. The highest BCUT2D eigenvalue weighted by Crippen LogP contribution is 2.11. The van der Waals surface area contributed by atoms with Gasteiger partial charge in [-0.1, -0.05) is 6.08 Å². The van der Waals surface area contributed by atoms with Crippen molar-refractivity contribution in [2.24, 2.45) is 0 Å². The predicted molar refractivity (Wildman–Crippen MR) is 37.7 cm³/mol. The highest BCUT2D eigenvalue weighted by molar-refractivity contribution is 5.99. The Hall–Kier alpha value is -1.81. The Morgan fingerprint density at radius 3 is 2.83 bits per heavy atom. The molecule has 0 aromatic heterocycles. The van der Waals surface area contributed by atoms with Crippen molar-refractivity contribution in [2.45, 2.75) is 6.17 Å². The van der Waals surface area contributed by atoms with Crippen LogP contribution in [0.1, 0.15) is 0 Å². The largest absolute Gasteiger partial charge is 0.405 e. The SMILES string of the molecule is [N-]=[N+]=C1C([N+](=O)[O-])=CC=CC1F. The van der Waals surface area contributed by atoms with Crippen LogP contribution in [0.3, 0.4) is 0 Å². The van der Waals surface area contributed by atoms with Crippen molar-refractivity contribution in [1.82, 2.24) is 0 Å². The molecule has 62 valence electrons. The number of nitrogens with zero attached hydrogens (tertiary/aromatic N) is 3. The van der Waals surface area contributed by atoms with Crippen molar-refractivity contribution in [2.75, 3.05) is 0 Å². The van der Waals surface area contributed by atoms with E-state index in [0.29, 0.717) is 0 Å². The first-order valence-electron chi connectivity index (χ1n) is 3.06. The highest BCUT2D eigenvalue weighted by Gasteiger charge is 2.36. The molecule has 0 aliphatic heterocycles. The van der Waals surface area contributed by atoms with Crippen molar-refractivity contribution < 1.29 is 14.1 Å². The average molecular weight is 169 g/mol. The molecule has 0 heterocycles. The Kier molecular flexibility index (Phi) is 2.11. The Morgan fingerprint density at radius 1 is 1.75 bits per heavy atom. The first-order valence-corrected chi connectivity index (χ1v) is 3.06. The van der Waals surface area contributed by atoms with Crippen LogP contribution in [0.2, 0.25) is 0 Å². The molecule has 0 saturated carbocycles. The van der Waals surface area contributed by atoms with Crippen molar-refractivity contribution in [3.05, 3.63) is 39.6 Å². The fraction of sp³-hybridized carbons (Fsp3) is 0.167. The summed E-state index contributed by atoms with van der Waals surface area (Å²) in [4.78, 5) is 11.9. The summed E-state index contributed by atoms with van der Waals surface area (Å²) in [5, 5.41) is 10.2. The van der Waals surface area contributed by atoms with E-state index in [4.69, 9.17) is 5.53 Å². The lowest BCUT2D eigenvalue weighted by Gasteiger charge is -1.98. The van der Waals surface area contributed by atoms with Gasteiger partial charge in [-0.15, -0.1) is 0 Å². The van der Waals surface area contributed by atoms with Gasteiger partial charge in [-0.25, -0.2) is 4.39 Å². The van der Waals surface area contributed by atoms with Gasteiger partial charge in [0.25, 0.3) is 0 Å². The Bertz CT molecular complexity index is 328. The number of halogens is 1. The maximum Gasteiger partial charge on any atom is 0.405 e. The minimum Gasteiger partial charge on any atom is -0.361 e. The van der Waals surface area contributed by atoms with E-state index in [0.717, 1.165) is 12.2 Å². The fourth-order valence-electron chi connectivity index (χ4n) is 0.823. The van der Waals surface area contributed by atoms with Crippen LogP contribution in [0.4, 0.5) is 4.39 Å². The van der Waals surface area contributed by atoms with E-state index in [-0.39, 0.29) is 0 Å². The summed E-state index contributed by atoms with van der Waals surface area (Å²) in [5.41, 5.74) is 7.16. The molecule has 12 heavy (non-hydrogen) atoms. The Balaban J connectivity index is 3.14. The van der Waals surface area contributed by atoms with Crippen LogP contribution in [0.5, 0.6) is 0 Å². The standard InChI is InChI=1S/C6H4FN3O2/c7-4-2-1-3-5(10(11)12)6(4)9-8/h1-4H. The lowest BCUT2D eigenvalue weighted by molar-refractivity contribution is -0.418. The third-order valence-electron chi connectivity index (χ3n) is 1.36. The molecule has 0 saturated heterocycles. The molecule has 1 rings (SSSR count). The van der Waals surface area contributed by atoms with E-state index in [1.807, 2.05) is 0 Å². The third-order valence-corrected chi connectivity index (χ3v) is 1.36. The summed E-state index contributed by atoms with van der Waals surface area (Å²) in [6, 6.07) is 0. The molecule has 6 heteroatoms. The van der Waals surface area contributed by atoms with E-state index in [1.165, 1.54) is 6.08 Å². The van der Waals surface area contributed by atoms with Crippen LogP contribution in [-0.2, 0) is 0 Å². The maximum absolute atomic E-state index is 12.7. The highest BCUT2D eigenvalue weighted by atomic mass is 19.1. The Labute approximate surface area is 66.6 Å². The number of hydrogen-bond donors (Lipinski definition) is 0. The second-order valence-electron chi connectivity index (χ2n) is 2.08. The molecule has 0 fully saturated rings. The van der Waals surface area contributed by atoms with Gasteiger partial charge in [0.15, 0.2) is 0 Å². The van der Waals surface area contributed by atoms with Crippen LogP contribution in [-0.4, -0.2) is 21.6 Å². The van der Waals surface area contributed by atoms with Crippen molar-refractivity contribution >= 4 is 5.71 Å². The van der Waals surface area contributed by atoms with Gasteiger partial charge in [0.2, 0.25) is 6.17 Å². The molecule has 1 aliphatic rings. The van der Waals surface area contributed by atoms with Gasteiger partial charge < -0.3 is 5.53 Å². The molecular formula is C6H4FN3O2. The number of allylic oxidation sites excluding steroid dienone is 4. The zero-order valence-electron chi connectivity index (χ0n) is 5.85. The van der Waals surface area contributed by atoms with Crippen molar-refractivity contribution in [3.63, 3.8) is 0 Å². The molecule has 0 aromatic carbocycles. The van der Waals surface area contributed by atoms with Gasteiger partial charge in [-0.2, -0.15) is 4.79 Å². The zero-order valence-corrected chi connectivity index (χ0v) is 5.85. The number of nitro groups is 1. The molecular weight excluding hydrogens is 165 g/mol. The first kappa shape index (κ1) is 8.29. The van der Waals surface area contributed by atoms with Crippen molar-refractivity contribution in [3.8, 4) is 0 Å². The van der Waals surface area contributed by atoms with Crippen LogP contribution in [0.15, 0.2) is 23.9 Å². The average Bonchev–Trinajstić information content (AvgIpc) is 2.03. The molecule has 1 atom stereocenters. The summed E-state index contributed by atoms with van der Waals surface area (Å²) < 4.78 is 12.7. The van der Waals surface area contributed by atoms with Gasteiger partial charge in [-0.3, -0.25) is 10.1 Å². The number of rotatable bonds is 1. The first-order chi connectivity index (χ1) is 5.66. The van der Waals surface area contributed by atoms with Crippen LogP contribution in [0, 0.1) is 10.1 Å². The Morgan fingerprint density at radius 2 is 2.42 bits per heavy atom. The number of hydrogen-bond acceptors (Lipinski definition) is 2. The van der Waals surface area contributed by atoms with Gasteiger partial charge in [0, 0.05) is 6.08 Å². The number of alkyl halides is 1. The van der Waals surface area contributed by atoms with Crippen LogP contribution < -0.4 is 0 Å². The zero-order chi connectivity index (χ0) is 9.14. The normalized spacial score (nSPS) is 21.6. The van der Waals surface area contributed by atoms with Gasteiger partial charge in [0.05, 0.1) is 4.92 Å². The molecule has 0 bridgehead atoms. The quantitative estimate of drug-likeness (QED) is 0.251. The van der Waals surface area contributed by atoms with E-state index in [9.17, 15) is 14.5 Å². The summed E-state index contributed by atoms with van der Waals surface area (Å²) in [6.07, 6.45) is 1.63. The third kappa shape index (κ3) is 1.28. The monoisotopic (exact) mass is 169 g/mol. The molecule has 0 radical (unpaired) electrons. The van der Waals surface area contributed by atoms with Crippen LogP contribution >= 0.6 is 0 Å². The van der Waals surface area contributed by atoms with Crippen LogP contribution in [0.25, 0.3) is 5.53 Å². The molecule has 5 nitrogen and oxygen atoms in total. The fourth-order valence-corrected chi connectivity index (χ4v) is 0.823. The summed E-state index contributed by atoms with van der Waals surface area (Å²) >= 11 is 0. The maximum atomic E-state index is 12.7.